The number of aromatic nitrogens is 5. The lowest BCUT2D eigenvalue weighted by Crippen LogP contribution is -2.37. The third kappa shape index (κ3) is 3.47. The van der Waals surface area contributed by atoms with Crippen LogP contribution in [0.5, 0.6) is 0 Å². The van der Waals surface area contributed by atoms with Gasteiger partial charge in [0.25, 0.3) is 0 Å². The number of ether oxygens (including phenoxy) is 1. The highest BCUT2D eigenvalue weighted by Crippen LogP contribution is 2.29. The van der Waals surface area contributed by atoms with Gasteiger partial charge in [0.1, 0.15) is 5.52 Å². The molecule has 3 aliphatic heterocycles. The van der Waals surface area contributed by atoms with E-state index < -0.39 is 0 Å². The number of hydrogen-bond donors (Lipinski definition) is 2. The van der Waals surface area contributed by atoms with E-state index >= 15 is 0 Å². The van der Waals surface area contributed by atoms with Crippen molar-refractivity contribution in [3.63, 3.8) is 0 Å². The predicted octanol–water partition coefficient (Wildman–Crippen LogP) is 0.524. The molecule has 3 N–H and O–H groups in total. The Labute approximate surface area is 179 Å². The second-order valence-corrected chi connectivity index (χ2v) is 8.34. The fourth-order valence-corrected chi connectivity index (χ4v) is 4.64. The first kappa shape index (κ1) is 18.5. The summed E-state index contributed by atoms with van der Waals surface area (Å²) < 4.78 is 7.49. The van der Waals surface area contributed by atoms with Gasteiger partial charge in [-0.2, -0.15) is 5.10 Å². The third-order valence-corrected chi connectivity index (χ3v) is 6.21. The number of hydrogen-bond acceptors (Lipinski definition) is 9. The molecule has 31 heavy (non-hydrogen) atoms. The molecule has 0 bridgehead atoms. The van der Waals surface area contributed by atoms with Crippen LogP contribution in [0.25, 0.3) is 16.8 Å². The number of fused-ring (bicyclic) bond motifs is 2. The van der Waals surface area contributed by atoms with Gasteiger partial charge in [-0.25, -0.2) is 19.5 Å². The normalized spacial score (nSPS) is 21.4. The van der Waals surface area contributed by atoms with Crippen molar-refractivity contribution in [2.45, 2.75) is 6.54 Å². The number of likely N-dealkylation sites (tertiary alicyclic amines) is 1. The second kappa shape index (κ2) is 7.47. The molecule has 6 rings (SSSR count). The van der Waals surface area contributed by atoms with Crippen molar-refractivity contribution in [3.8, 4) is 11.3 Å². The first-order valence-corrected chi connectivity index (χ1v) is 10.7. The third-order valence-electron chi connectivity index (χ3n) is 6.21. The average molecular weight is 419 g/mol. The predicted molar refractivity (Wildman–Crippen MR) is 116 cm³/mol. The highest BCUT2D eigenvalue weighted by molar-refractivity contribution is 5.73. The molecule has 3 aromatic rings. The van der Waals surface area contributed by atoms with Gasteiger partial charge in [-0.1, -0.05) is 0 Å². The summed E-state index contributed by atoms with van der Waals surface area (Å²) in [5.41, 5.74) is 10.8. The van der Waals surface area contributed by atoms with Gasteiger partial charge >= 0.3 is 0 Å². The van der Waals surface area contributed by atoms with Crippen molar-refractivity contribution in [2.24, 2.45) is 5.92 Å². The number of nitrogens with zero attached hydrogens (tertiary/aromatic N) is 7. The van der Waals surface area contributed by atoms with Crippen LogP contribution in [0.2, 0.25) is 0 Å². The lowest BCUT2D eigenvalue weighted by atomic mass is 10.1. The van der Waals surface area contributed by atoms with Crippen molar-refractivity contribution in [2.75, 3.05) is 56.6 Å². The molecule has 10 heteroatoms. The smallest absolute Gasteiger partial charge is 0.219 e. The fraction of sp³-hybridized carbons (Fsp3) is 0.429. The molecule has 0 spiro atoms. The summed E-state index contributed by atoms with van der Waals surface area (Å²) in [5.74, 6) is 1.81. The molecule has 0 amide bonds. The maximum Gasteiger partial charge on any atom is 0.219 e. The molecular weight excluding hydrogens is 394 g/mol. The number of nitrogen functional groups attached to an aromatic ring is 1. The molecule has 1 atom stereocenters. The van der Waals surface area contributed by atoms with E-state index in [1.165, 1.54) is 5.57 Å². The summed E-state index contributed by atoms with van der Waals surface area (Å²) in [6.45, 7) is 6.97. The van der Waals surface area contributed by atoms with E-state index in [1.807, 2.05) is 10.7 Å². The van der Waals surface area contributed by atoms with Crippen LogP contribution in [0.1, 0.15) is 5.69 Å². The zero-order valence-corrected chi connectivity index (χ0v) is 17.2. The Morgan fingerprint density at radius 3 is 2.84 bits per heavy atom. The fourth-order valence-electron chi connectivity index (χ4n) is 4.64. The van der Waals surface area contributed by atoms with Gasteiger partial charge in [-0.15, -0.1) is 0 Å². The minimum atomic E-state index is 0.250. The lowest BCUT2D eigenvalue weighted by Gasteiger charge is -2.28. The van der Waals surface area contributed by atoms with Crippen LogP contribution < -0.4 is 16.0 Å². The zero-order valence-electron chi connectivity index (χ0n) is 17.2. The molecule has 0 radical (unpaired) electrons. The van der Waals surface area contributed by atoms with Gasteiger partial charge in [0.15, 0.2) is 5.82 Å². The van der Waals surface area contributed by atoms with Crippen LogP contribution in [0.15, 0.2) is 36.4 Å². The van der Waals surface area contributed by atoms with Crippen LogP contribution in [0.3, 0.4) is 0 Å². The van der Waals surface area contributed by atoms with Crippen LogP contribution >= 0.6 is 0 Å². The van der Waals surface area contributed by atoms with Crippen molar-refractivity contribution in [3.05, 3.63) is 42.1 Å². The Balaban J connectivity index is 1.37. The molecule has 2 fully saturated rings. The van der Waals surface area contributed by atoms with Crippen molar-refractivity contribution >= 4 is 17.3 Å². The van der Waals surface area contributed by atoms with E-state index in [4.69, 9.17) is 20.6 Å². The zero-order chi connectivity index (χ0) is 20.8. The molecular formula is C21H25N9O. The summed E-state index contributed by atoms with van der Waals surface area (Å²) in [6.07, 6.45) is 7.53. The largest absolute Gasteiger partial charge is 0.390 e. The number of nitrogens with two attached hydrogens (primary N) is 1. The van der Waals surface area contributed by atoms with E-state index in [0.717, 1.165) is 67.6 Å². The van der Waals surface area contributed by atoms with Crippen LogP contribution in [0, 0.1) is 5.92 Å². The second-order valence-electron chi connectivity index (χ2n) is 8.34. The van der Waals surface area contributed by atoms with Gasteiger partial charge in [0.05, 0.1) is 30.8 Å². The maximum absolute atomic E-state index is 5.66. The van der Waals surface area contributed by atoms with Crippen molar-refractivity contribution in [1.29, 1.82) is 0 Å². The van der Waals surface area contributed by atoms with Crippen LogP contribution in [0.4, 0.5) is 11.8 Å². The number of morpholine rings is 1. The molecule has 3 aliphatic rings. The van der Waals surface area contributed by atoms with Gasteiger partial charge in [0, 0.05) is 63.1 Å². The van der Waals surface area contributed by atoms with E-state index in [-0.39, 0.29) is 5.95 Å². The molecule has 160 valence electrons. The number of rotatable bonds is 4. The van der Waals surface area contributed by atoms with Crippen LogP contribution in [-0.2, 0) is 11.3 Å². The van der Waals surface area contributed by atoms with Crippen LogP contribution in [-0.4, -0.2) is 75.4 Å². The van der Waals surface area contributed by atoms with Gasteiger partial charge < -0.3 is 20.7 Å². The molecule has 1 unspecified atom stereocenters. The first-order valence-electron chi connectivity index (χ1n) is 10.7. The molecule has 2 saturated heterocycles. The van der Waals surface area contributed by atoms with Gasteiger partial charge in [-0.3, -0.25) is 4.90 Å². The summed E-state index contributed by atoms with van der Waals surface area (Å²) in [4.78, 5) is 18.0. The molecule has 6 heterocycles. The van der Waals surface area contributed by atoms with Gasteiger partial charge in [-0.05, 0) is 17.8 Å². The minimum Gasteiger partial charge on any atom is -0.390 e. The standard InChI is InChI=1S/C21H25N9O/c22-21-24-8-14(9-25-21)18-13-30-19(20(26-18)29-1-3-31-4-2-29)5-17(27-30)12-28-10-15-6-23-7-16(15)11-28/h5-6,8-9,13,16,23H,1-4,7,10-12H2,(H2,22,24,25). The summed E-state index contributed by atoms with van der Waals surface area (Å²) in [5, 5.41) is 8.25. The van der Waals surface area contributed by atoms with E-state index in [2.05, 4.69) is 37.4 Å². The Kier molecular flexibility index (Phi) is 4.46. The number of anilines is 2. The first-order chi connectivity index (χ1) is 15.2. The Morgan fingerprint density at radius 1 is 1.19 bits per heavy atom. The topological polar surface area (TPSA) is 110 Å². The van der Waals surface area contributed by atoms with Crippen molar-refractivity contribution in [1.82, 2.24) is 34.8 Å². The lowest BCUT2D eigenvalue weighted by molar-refractivity contribution is 0.122. The summed E-state index contributed by atoms with van der Waals surface area (Å²) in [6, 6.07) is 2.17. The van der Waals surface area contributed by atoms with E-state index in [0.29, 0.717) is 19.1 Å². The summed E-state index contributed by atoms with van der Waals surface area (Å²) in [7, 11) is 0. The summed E-state index contributed by atoms with van der Waals surface area (Å²) >= 11 is 0. The highest BCUT2D eigenvalue weighted by Gasteiger charge is 2.30. The SMILES string of the molecule is Nc1ncc(-c2cn3nc(CN4CC5=CNCC5C4)cc3c(N3CCOCC3)n2)cn1. The Bertz CT molecular complexity index is 1130. The molecule has 0 aliphatic carbocycles. The molecule has 0 saturated carbocycles. The number of nitrogens with one attached hydrogen (secondary N) is 1. The molecule has 10 nitrogen and oxygen atoms in total. The molecule has 0 aromatic carbocycles. The Morgan fingerprint density at radius 2 is 2.03 bits per heavy atom. The quantitative estimate of drug-likeness (QED) is 0.625. The minimum absolute atomic E-state index is 0.250. The Hall–Kier alpha value is -3.24. The maximum atomic E-state index is 5.66. The monoisotopic (exact) mass is 419 g/mol. The van der Waals surface area contributed by atoms with Crippen molar-refractivity contribution < 1.29 is 4.74 Å². The average Bonchev–Trinajstić information content (AvgIpc) is 3.49. The highest BCUT2D eigenvalue weighted by atomic mass is 16.5. The van der Waals surface area contributed by atoms with E-state index in [9.17, 15) is 0 Å². The van der Waals surface area contributed by atoms with E-state index in [1.54, 1.807) is 12.4 Å². The van der Waals surface area contributed by atoms with Gasteiger partial charge in [0.2, 0.25) is 5.95 Å². The molecule has 3 aromatic heterocycles.